The van der Waals surface area contributed by atoms with Crippen LogP contribution in [0.1, 0.15) is 23.2 Å². The fourth-order valence-corrected chi connectivity index (χ4v) is 1.93. The van der Waals surface area contributed by atoms with Gasteiger partial charge in [-0.2, -0.15) is 10.2 Å². The summed E-state index contributed by atoms with van der Waals surface area (Å²) in [6.07, 6.45) is 0.141. The SMILES string of the molecule is N#CCc1nc(C2COc3ccccc32)no1. The van der Waals surface area contributed by atoms with E-state index in [9.17, 15) is 0 Å². The Hall–Kier alpha value is -2.35. The molecule has 1 aliphatic rings. The Morgan fingerprint density at radius 2 is 2.29 bits per heavy atom. The van der Waals surface area contributed by atoms with E-state index in [1.54, 1.807) is 0 Å². The lowest BCUT2D eigenvalue weighted by molar-refractivity contribution is 0.332. The summed E-state index contributed by atoms with van der Waals surface area (Å²) in [5.41, 5.74) is 1.07. The largest absolute Gasteiger partial charge is 0.492 e. The zero-order valence-corrected chi connectivity index (χ0v) is 8.96. The molecule has 1 aliphatic heterocycles. The summed E-state index contributed by atoms with van der Waals surface area (Å²) in [7, 11) is 0. The summed E-state index contributed by atoms with van der Waals surface area (Å²) in [5.74, 6) is 1.80. The molecular weight excluding hydrogens is 218 g/mol. The number of ether oxygens (including phenoxy) is 1. The number of hydrogen-bond acceptors (Lipinski definition) is 5. The number of nitriles is 1. The van der Waals surface area contributed by atoms with Crippen molar-refractivity contribution >= 4 is 0 Å². The third-order valence-electron chi connectivity index (χ3n) is 2.73. The average molecular weight is 227 g/mol. The molecule has 2 aromatic rings. The molecule has 0 radical (unpaired) electrons. The van der Waals surface area contributed by atoms with Crippen molar-refractivity contribution in [3.63, 3.8) is 0 Å². The standard InChI is InChI=1S/C12H9N3O2/c13-6-5-11-14-12(15-17-11)9-7-16-10-4-2-1-3-8(9)10/h1-4,9H,5,7H2. The molecule has 0 amide bonds. The molecule has 1 aromatic carbocycles. The molecule has 1 atom stereocenters. The first-order valence-electron chi connectivity index (χ1n) is 5.29. The molecule has 0 N–H and O–H groups in total. The van der Waals surface area contributed by atoms with E-state index in [4.69, 9.17) is 14.5 Å². The second-order valence-corrected chi connectivity index (χ2v) is 3.78. The molecule has 84 valence electrons. The summed E-state index contributed by atoms with van der Waals surface area (Å²) in [4.78, 5) is 4.20. The Morgan fingerprint density at radius 3 is 3.18 bits per heavy atom. The molecular formula is C12H9N3O2. The lowest BCUT2D eigenvalue weighted by atomic mass is 10.0. The van der Waals surface area contributed by atoms with Gasteiger partial charge in [0.2, 0.25) is 5.89 Å². The maximum absolute atomic E-state index is 8.55. The smallest absolute Gasteiger partial charge is 0.240 e. The summed E-state index contributed by atoms with van der Waals surface area (Å²) in [6.45, 7) is 0.519. The van der Waals surface area contributed by atoms with E-state index in [2.05, 4.69) is 10.1 Å². The zero-order valence-electron chi connectivity index (χ0n) is 8.96. The number of fused-ring (bicyclic) bond motifs is 1. The zero-order chi connectivity index (χ0) is 11.7. The minimum Gasteiger partial charge on any atom is -0.492 e. The lowest BCUT2D eigenvalue weighted by Crippen LogP contribution is -2.04. The number of hydrogen-bond donors (Lipinski definition) is 0. The minimum absolute atomic E-state index is 0.00222. The molecule has 0 bridgehead atoms. The van der Waals surface area contributed by atoms with Crippen molar-refractivity contribution in [1.82, 2.24) is 10.1 Å². The van der Waals surface area contributed by atoms with E-state index < -0.39 is 0 Å². The molecule has 2 heterocycles. The second kappa shape index (κ2) is 3.91. The molecule has 0 spiro atoms. The predicted molar refractivity (Wildman–Crippen MR) is 57.4 cm³/mol. The van der Waals surface area contributed by atoms with Crippen LogP contribution < -0.4 is 4.74 Å². The Morgan fingerprint density at radius 1 is 1.41 bits per heavy atom. The van der Waals surface area contributed by atoms with E-state index in [0.717, 1.165) is 11.3 Å². The molecule has 0 saturated carbocycles. The quantitative estimate of drug-likeness (QED) is 0.780. The summed E-state index contributed by atoms with van der Waals surface area (Å²) in [5, 5.41) is 12.4. The van der Waals surface area contributed by atoms with Crippen LogP contribution in [0.25, 0.3) is 0 Å². The van der Waals surface area contributed by atoms with Crippen molar-refractivity contribution in [1.29, 1.82) is 5.26 Å². The number of benzene rings is 1. The topological polar surface area (TPSA) is 71.9 Å². The van der Waals surface area contributed by atoms with E-state index in [-0.39, 0.29) is 12.3 Å². The van der Waals surface area contributed by atoms with Gasteiger partial charge >= 0.3 is 0 Å². The van der Waals surface area contributed by atoms with Crippen LogP contribution in [0.3, 0.4) is 0 Å². The van der Waals surface area contributed by atoms with Gasteiger partial charge in [-0.1, -0.05) is 23.4 Å². The highest BCUT2D eigenvalue weighted by molar-refractivity contribution is 5.42. The number of nitrogens with zero attached hydrogens (tertiary/aromatic N) is 3. The normalized spacial score (nSPS) is 17.2. The Labute approximate surface area is 97.6 Å². The van der Waals surface area contributed by atoms with Crippen LogP contribution in [0.5, 0.6) is 5.75 Å². The average Bonchev–Trinajstić information content (AvgIpc) is 2.95. The van der Waals surface area contributed by atoms with Crippen molar-refractivity contribution in [2.24, 2.45) is 0 Å². The fraction of sp³-hybridized carbons (Fsp3) is 0.250. The van der Waals surface area contributed by atoms with Crippen LogP contribution in [0, 0.1) is 11.3 Å². The van der Waals surface area contributed by atoms with Gasteiger partial charge in [-0.25, -0.2) is 0 Å². The van der Waals surface area contributed by atoms with Crippen molar-refractivity contribution in [3.05, 3.63) is 41.5 Å². The van der Waals surface area contributed by atoms with Crippen LogP contribution in [-0.4, -0.2) is 16.7 Å². The van der Waals surface area contributed by atoms with Gasteiger partial charge < -0.3 is 9.26 Å². The Balaban J connectivity index is 1.93. The Bertz CT molecular complexity index is 585. The van der Waals surface area contributed by atoms with Crippen molar-refractivity contribution in [2.45, 2.75) is 12.3 Å². The molecule has 0 fully saturated rings. The van der Waals surface area contributed by atoms with Gasteiger partial charge in [0.15, 0.2) is 5.82 Å². The number of rotatable bonds is 2. The highest BCUT2D eigenvalue weighted by atomic mass is 16.5. The number of para-hydroxylation sites is 1. The lowest BCUT2D eigenvalue weighted by Gasteiger charge is -2.01. The predicted octanol–water partition coefficient (Wildman–Crippen LogP) is 1.66. The first kappa shape index (κ1) is 9.85. The van der Waals surface area contributed by atoms with Crippen LogP contribution in [0.15, 0.2) is 28.8 Å². The summed E-state index contributed by atoms with van der Waals surface area (Å²) >= 11 is 0. The van der Waals surface area contributed by atoms with Gasteiger partial charge in [0.1, 0.15) is 18.8 Å². The van der Waals surface area contributed by atoms with Crippen LogP contribution in [0.2, 0.25) is 0 Å². The van der Waals surface area contributed by atoms with E-state index >= 15 is 0 Å². The number of aromatic nitrogens is 2. The van der Waals surface area contributed by atoms with E-state index in [0.29, 0.717) is 18.3 Å². The molecule has 5 nitrogen and oxygen atoms in total. The fourth-order valence-electron chi connectivity index (χ4n) is 1.93. The van der Waals surface area contributed by atoms with Gasteiger partial charge in [-0.3, -0.25) is 0 Å². The maximum atomic E-state index is 8.55. The van der Waals surface area contributed by atoms with Gasteiger partial charge in [-0.15, -0.1) is 0 Å². The monoisotopic (exact) mass is 227 g/mol. The van der Waals surface area contributed by atoms with Crippen molar-refractivity contribution in [3.8, 4) is 11.8 Å². The van der Waals surface area contributed by atoms with Gasteiger partial charge in [0.05, 0.1) is 12.0 Å². The first-order valence-corrected chi connectivity index (χ1v) is 5.29. The van der Waals surface area contributed by atoms with Crippen LogP contribution >= 0.6 is 0 Å². The highest BCUT2D eigenvalue weighted by Gasteiger charge is 2.29. The maximum Gasteiger partial charge on any atom is 0.240 e. The molecule has 0 saturated heterocycles. The van der Waals surface area contributed by atoms with E-state index in [1.807, 2.05) is 30.3 Å². The molecule has 0 aliphatic carbocycles. The van der Waals surface area contributed by atoms with Crippen LogP contribution in [0.4, 0.5) is 0 Å². The molecule has 5 heteroatoms. The van der Waals surface area contributed by atoms with Gasteiger partial charge in [-0.05, 0) is 6.07 Å². The third kappa shape index (κ3) is 1.64. The molecule has 1 unspecified atom stereocenters. The second-order valence-electron chi connectivity index (χ2n) is 3.78. The highest BCUT2D eigenvalue weighted by Crippen LogP contribution is 2.36. The molecule has 17 heavy (non-hydrogen) atoms. The molecule has 1 aromatic heterocycles. The van der Waals surface area contributed by atoms with Gasteiger partial charge in [0, 0.05) is 5.56 Å². The third-order valence-corrected chi connectivity index (χ3v) is 2.73. The first-order chi connectivity index (χ1) is 8.38. The van der Waals surface area contributed by atoms with E-state index in [1.165, 1.54) is 0 Å². The Kier molecular flexibility index (Phi) is 2.26. The van der Waals surface area contributed by atoms with Gasteiger partial charge in [0.25, 0.3) is 0 Å². The van der Waals surface area contributed by atoms with Crippen molar-refractivity contribution in [2.75, 3.05) is 6.61 Å². The van der Waals surface area contributed by atoms with Crippen molar-refractivity contribution < 1.29 is 9.26 Å². The summed E-state index contributed by atoms with van der Waals surface area (Å²) < 4.78 is 10.5. The minimum atomic E-state index is 0.00222. The summed E-state index contributed by atoms with van der Waals surface area (Å²) in [6, 6.07) is 9.78. The molecule has 3 rings (SSSR count). The van der Waals surface area contributed by atoms with Crippen LogP contribution in [-0.2, 0) is 6.42 Å².